The highest BCUT2D eigenvalue weighted by Gasteiger charge is 2.13. The normalized spacial score (nSPS) is 13.4. The van der Waals surface area contributed by atoms with Crippen LogP contribution in [-0.4, -0.2) is 10.3 Å². The minimum atomic E-state index is -0.609. The smallest absolute Gasteiger partial charge is 0.167 e. The molecule has 1 heterocycles. The number of fused-ring (bicyclic) bond motifs is 2. The molecule has 1 aromatic heterocycles. The summed E-state index contributed by atoms with van der Waals surface area (Å²) in [6.07, 6.45) is -0.609. The second-order valence-electron chi connectivity index (χ2n) is 3.94. The predicted molar refractivity (Wildman–Crippen MR) is 62.1 cm³/mol. The fourth-order valence-corrected chi connectivity index (χ4v) is 1.94. The molecule has 0 aliphatic carbocycles. The number of rotatable bonds is 1. The highest BCUT2D eigenvalue weighted by molar-refractivity contribution is 5.96. The monoisotopic (exact) mass is 213 g/mol. The fraction of sp³-hybridized carbons (Fsp3) is 0.154. The summed E-state index contributed by atoms with van der Waals surface area (Å²) in [5.41, 5.74) is 1.32. The van der Waals surface area contributed by atoms with Gasteiger partial charge < -0.3 is 9.63 Å². The van der Waals surface area contributed by atoms with E-state index >= 15 is 0 Å². The zero-order valence-corrected chi connectivity index (χ0v) is 8.84. The van der Waals surface area contributed by atoms with Gasteiger partial charge in [-0.25, -0.2) is 0 Å². The lowest BCUT2D eigenvalue weighted by atomic mass is 10.1. The Bertz CT molecular complexity index is 655. The lowest BCUT2D eigenvalue weighted by Gasteiger charge is -1.99. The van der Waals surface area contributed by atoms with E-state index < -0.39 is 6.10 Å². The molecular formula is C13H11NO2. The van der Waals surface area contributed by atoms with Crippen molar-refractivity contribution in [1.29, 1.82) is 0 Å². The number of hydrogen-bond acceptors (Lipinski definition) is 3. The van der Waals surface area contributed by atoms with Crippen LogP contribution in [0.15, 0.2) is 40.9 Å². The van der Waals surface area contributed by atoms with Crippen molar-refractivity contribution in [2.24, 2.45) is 0 Å². The Morgan fingerprint density at radius 3 is 2.56 bits per heavy atom. The maximum Gasteiger partial charge on any atom is 0.167 e. The second-order valence-corrected chi connectivity index (χ2v) is 3.94. The summed E-state index contributed by atoms with van der Waals surface area (Å²) in [6.45, 7) is 1.69. The van der Waals surface area contributed by atoms with E-state index in [0.717, 1.165) is 21.7 Å². The van der Waals surface area contributed by atoms with Gasteiger partial charge in [-0.3, -0.25) is 0 Å². The minimum Gasteiger partial charge on any atom is -0.387 e. The molecule has 2 aromatic carbocycles. The van der Waals surface area contributed by atoms with Crippen LogP contribution in [0.4, 0.5) is 0 Å². The third-order valence-electron chi connectivity index (χ3n) is 2.76. The zero-order chi connectivity index (χ0) is 11.1. The number of nitrogens with zero attached hydrogens (tertiary/aromatic N) is 1. The summed E-state index contributed by atoms with van der Waals surface area (Å²) < 4.78 is 5.21. The molecule has 0 bridgehead atoms. The molecule has 3 heteroatoms. The fourth-order valence-electron chi connectivity index (χ4n) is 1.94. The summed E-state index contributed by atoms with van der Waals surface area (Å²) in [4.78, 5) is 0. The average molecular weight is 213 g/mol. The molecule has 1 unspecified atom stereocenters. The molecule has 0 fully saturated rings. The van der Waals surface area contributed by atoms with Crippen LogP contribution in [0.3, 0.4) is 0 Å². The van der Waals surface area contributed by atoms with Crippen molar-refractivity contribution < 1.29 is 9.63 Å². The first-order chi connectivity index (χ1) is 7.75. The second kappa shape index (κ2) is 3.32. The van der Waals surface area contributed by atoms with Gasteiger partial charge in [0.2, 0.25) is 0 Å². The molecule has 0 amide bonds. The van der Waals surface area contributed by atoms with E-state index in [4.69, 9.17) is 4.52 Å². The number of hydrogen-bond donors (Lipinski definition) is 1. The van der Waals surface area contributed by atoms with E-state index in [2.05, 4.69) is 5.16 Å². The molecule has 0 saturated heterocycles. The van der Waals surface area contributed by atoms with E-state index in [-0.39, 0.29) is 0 Å². The molecule has 3 nitrogen and oxygen atoms in total. The van der Waals surface area contributed by atoms with Crippen molar-refractivity contribution in [3.05, 3.63) is 42.1 Å². The van der Waals surface area contributed by atoms with Crippen LogP contribution in [0.5, 0.6) is 0 Å². The molecule has 3 aromatic rings. The van der Waals surface area contributed by atoms with Gasteiger partial charge >= 0.3 is 0 Å². The molecule has 0 aliphatic rings. The Hall–Kier alpha value is -1.87. The third-order valence-corrected chi connectivity index (χ3v) is 2.76. The molecule has 3 rings (SSSR count). The topological polar surface area (TPSA) is 46.3 Å². The van der Waals surface area contributed by atoms with Crippen LogP contribution >= 0.6 is 0 Å². The van der Waals surface area contributed by atoms with E-state index in [0.29, 0.717) is 5.69 Å². The Morgan fingerprint density at radius 2 is 1.88 bits per heavy atom. The lowest BCUT2D eigenvalue weighted by Crippen LogP contribution is -1.90. The van der Waals surface area contributed by atoms with Gasteiger partial charge in [-0.2, -0.15) is 0 Å². The molecule has 0 radical (unpaired) electrons. The van der Waals surface area contributed by atoms with E-state index in [1.54, 1.807) is 6.92 Å². The molecule has 0 aliphatic heterocycles. The van der Waals surface area contributed by atoms with Crippen molar-refractivity contribution in [1.82, 2.24) is 5.16 Å². The number of aliphatic hydroxyl groups is 1. The van der Waals surface area contributed by atoms with Gasteiger partial charge in [0.05, 0.1) is 6.10 Å². The van der Waals surface area contributed by atoms with Crippen LogP contribution in [0.25, 0.3) is 21.7 Å². The summed E-state index contributed by atoms with van der Waals surface area (Å²) in [5, 5.41) is 16.6. The lowest BCUT2D eigenvalue weighted by molar-refractivity contribution is 0.189. The largest absolute Gasteiger partial charge is 0.387 e. The Labute approximate surface area is 92.3 Å². The maximum atomic E-state index is 9.56. The minimum absolute atomic E-state index is 0.598. The van der Waals surface area contributed by atoms with Gasteiger partial charge in [0, 0.05) is 5.39 Å². The summed E-state index contributed by atoms with van der Waals surface area (Å²) in [7, 11) is 0. The van der Waals surface area contributed by atoms with E-state index in [1.165, 1.54) is 0 Å². The van der Waals surface area contributed by atoms with Gasteiger partial charge in [-0.1, -0.05) is 29.4 Å². The van der Waals surface area contributed by atoms with Crippen LogP contribution in [-0.2, 0) is 0 Å². The molecule has 1 atom stereocenters. The summed E-state index contributed by atoms with van der Waals surface area (Å²) in [6, 6.07) is 12.0. The molecule has 16 heavy (non-hydrogen) atoms. The average Bonchev–Trinajstić information content (AvgIpc) is 2.68. The molecule has 80 valence electrons. The van der Waals surface area contributed by atoms with Crippen molar-refractivity contribution in [3.8, 4) is 0 Å². The van der Waals surface area contributed by atoms with Crippen LogP contribution < -0.4 is 0 Å². The van der Waals surface area contributed by atoms with Gasteiger partial charge in [-0.15, -0.1) is 0 Å². The summed E-state index contributed by atoms with van der Waals surface area (Å²) in [5.74, 6) is 0. The van der Waals surface area contributed by atoms with Gasteiger partial charge in [-0.05, 0) is 29.8 Å². The van der Waals surface area contributed by atoms with Gasteiger partial charge in [0.25, 0.3) is 0 Å². The van der Waals surface area contributed by atoms with Crippen LogP contribution in [0.2, 0.25) is 0 Å². The SMILES string of the molecule is CC(O)c1noc2cc3ccccc3cc12. The highest BCUT2D eigenvalue weighted by atomic mass is 16.5. The maximum absolute atomic E-state index is 9.56. The first-order valence-corrected chi connectivity index (χ1v) is 5.22. The molecule has 0 saturated carbocycles. The predicted octanol–water partition coefficient (Wildman–Crippen LogP) is 3.03. The first-order valence-electron chi connectivity index (χ1n) is 5.22. The van der Waals surface area contributed by atoms with E-state index in [9.17, 15) is 5.11 Å². The van der Waals surface area contributed by atoms with Gasteiger partial charge in [0.15, 0.2) is 5.58 Å². The number of benzene rings is 2. The number of aliphatic hydroxyl groups excluding tert-OH is 1. The van der Waals surface area contributed by atoms with Crippen molar-refractivity contribution >= 4 is 21.7 Å². The van der Waals surface area contributed by atoms with Crippen molar-refractivity contribution in [2.75, 3.05) is 0 Å². The Kier molecular flexibility index (Phi) is 1.94. The molecule has 1 N–H and O–H groups in total. The summed E-state index contributed by atoms with van der Waals surface area (Å²) >= 11 is 0. The standard InChI is InChI=1S/C13H11NO2/c1-8(15)13-11-6-9-4-2-3-5-10(9)7-12(11)16-14-13/h2-8,15H,1H3. The first kappa shape index (κ1) is 9.36. The quantitative estimate of drug-likeness (QED) is 0.675. The van der Waals surface area contributed by atoms with Crippen molar-refractivity contribution in [3.63, 3.8) is 0 Å². The Balaban J connectivity index is 2.40. The van der Waals surface area contributed by atoms with Gasteiger partial charge in [0.1, 0.15) is 5.69 Å². The van der Waals surface area contributed by atoms with Crippen LogP contribution in [0.1, 0.15) is 18.7 Å². The molecule has 0 spiro atoms. The van der Waals surface area contributed by atoms with Crippen LogP contribution in [0, 0.1) is 0 Å². The van der Waals surface area contributed by atoms with E-state index in [1.807, 2.05) is 36.4 Å². The Morgan fingerprint density at radius 1 is 1.19 bits per heavy atom. The highest BCUT2D eigenvalue weighted by Crippen LogP contribution is 2.28. The third kappa shape index (κ3) is 1.29. The van der Waals surface area contributed by atoms with Crippen molar-refractivity contribution in [2.45, 2.75) is 13.0 Å². The molecular weight excluding hydrogens is 202 g/mol. The zero-order valence-electron chi connectivity index (χ0n) is 8.84. The number of aromatic nitrogens is 1.